The van der Waals surface area contributed by atoms with Crippen LogP contribution in [0.1, 0.15) is 0 Å². The number of rotatable bonds is 4. The molecule has 0 aliphatic heterocycles. The molecule has 0 spiro atoms. The van der Waals surface area contributed by atoms with Gasteiger partial charge in [-0.15, -0.1) is 0 Å². The summed E-state index contributed by atoms with van der Waals surface area (Å²) in [7, 11) is 0. The maximum absolute atomic E-state index is 5.30. The van der Waals surface area contributed by atoms with Gasteiger partial charge >= 0.3 is 0 Å². The third-order valence-electron chi connectivity index (χ3n) is 9.47. The van der Waals surface area contributed by atoms with Crippen molar-refractivity contribution in [3.63, 3.8) is 0 Å². The zero-order valence-corrected chi connectivity index (χ0v) is 25.5. The Morgan fingerprint density at radius 1 is 0.362 bits per heavy atom. The quantitative estimate of drug-likeness (QED) is 0.197. The molecule has 47 heavy (non-hydrogen) atoms. The van der Waals surface area contributed by atoms with Gasteiger partial charge in [0, 0.05) is 39.0 Å². The third kappa shape index (κ3) is 3.85. The lowest BCUT2D eigenvalue weighted by molar-refractivity contribution is 0.983. The van der Waals surface area contributed by atoms with E-state index in [4.69, 9.17) is 4.98 Å². The zero-order chi connectivity index (χ0) is 30.9. The molecule has 0 bridgehead atoms. The highest BCUT2D eigenvalue weighted by Gasteiger charge is 2.20. The molecule has 0 aliphatic carbocycles. The Balaban J connectivity index is 1.19. The molecule has 4 aromatic heterocycles. The minimum atomic E-state index is 0.883. The highest BCUT2D eigenvalue weighted by molar-refractivity contribution is 6.12. The fourth-order valence-electron chi connectivity index (χ4n) is 7.36. The predicted octanol–water partition coefficient (Wildman–Crippen LogP) is 10.9. The summed E-state index contributed by atoms with van der Waals surface area (Å²) >= 11 is 0. The van der Waals surface area contributed by atoms with Crippen LogP contribution in [0.2, 0.25) is 0 Å². The molecule has 220 valence electrons. The lowest BCUT2D eigenvalue weighted by Gasteiger charge is -2.09. The van der Waals surface area contributed by atoms with Gasteiger partial charge in [-0.25, -0.2) is 4.98 Å². The average Bonchev–Trinajstić information content (AvgIpc) is 3.79. The molecule has 0 amide bonds. The molecule has 0 unspecified atom stereocenters. The summed E-state index contributed by atoms with van der Waals surface area (Å²) in [6.45, 7) is 0. The van der Waals surface area contributed by atoms with Crippen LogP contribution in [0, 0.1) is 0 Å². The monoisotopic (exact) mass is 600 g/mol. The standard InChI is InChI=1S/C43H28N4/c1-3-13-29(14-4-1)42-41-21-11-12-26-45(41)43(44-42)47-38-20-10-8-18-34(38)36-28-31(23-25-40(36)47)30-22-24-39-35(27-30)33-17-7-9-19-37(33)46(39)32-15-5-2-6-16-32/h1-28H. The van der Waals surface area contributed by atoms with E-state index in [2.05, 4.69) is 177 Å². The summed E-state index contributed by atoms with van der Waals surface area (Å²) in [6.07, 6.45) is 2.11. The summed E-state index contributed by atoms with van der Waals surface area (Å²) in [5.41, 5.74) is 11.4. The number of benzene rings is 6. The van der Waals surface area contributed by atoms with Crippen LogP contribution in [0.15, 0.2) is 170 Å². The van der Waals surface area contributed by atoms with Crippen molar-refractivity contribution >= 4 is 49.1 Å². The fourth-order valence-corrected chi connectivity index (χ4v) is 7.36. The van der Waals surface area contributed by atoms with E-state index in [1.54, 1.807) is 0 Å². The maximum Gasteiger partial charge on any atom is 0.220 e. The van der Waals surface area contributed by atoms with Crippen LogP contribution in [0.5, 0.6) is 0 Å². The molecule has 6 aromatic carbocycles. The van der Waals surface area contributed by atoms with Crippen LogP contribution >= 0.6 is 0 Å². The van der Waals surface area contributed by atoms with Crippen LogP contribution in [-0.2, 0) is 0 Å². The second kappa shape index (κ2) is 10.1. The number of hydrogen-bond donors (Lipinski definition) is 0. The lowest BCUT2D eigenvalue weighted by atomic mass is 10.0. The maximum atomic E-state index is 5.30. The largest absolute Gasteiger partial charge is 0.309 e. The summed E-state index contributed by atoms with van der Waals surface area (Å²) in [4.78, 5) is 5.30. The van der Waals surface area contributed by atoms with Gasteiger partial charge in [0.2, 0.25) is 5.95 Å². The smallest absolute Gasteiger partial charge is 0.220 e. The van der Waals surface area contributed by atoms with Crippen LogP contribution < -0.4 is 0 Å². The zero-order valence-electron chi connectivity index (χ0n) is 25.5. The first-order valence-electron chi connectivity index (χ1n) is 16.0. The highest BCUT2D eigenvalue weighted by atomic mass is 15.2. The van der Waals surface area contributed by atoms with E-state index in [0.29, 0.717) is 0 Å². The van der Waals surface area contributed by atoms with E-state index in [-0.39, 0.29) is 0 Å². The van der Waals surface area contributed by atoms with E-state index < -0.39 is 0 Å². The number of aromatic nitrogens is 4. The summed E-state index contributed by atoms with van der Waals surface area (Å²) in [6, 6.07) is 58.5. The van der Waals surface area contributed by atoms with Gasteiger partial charge in [-0.3, -0.25) is 8.97 Å². The van der Waals surface area contributed by atoms with Gasteiger partial charge in [0.15, 0.2) is 0 Å². The van der Waals surface area contributed by atoms with E-state index in [1.165, 1.54) is 49.4 Å². The molecular formula is C43H28N4. The molecule has 0 aliphatic rings. The second-order valence-electron chi connectivity index (χ2n) is 12.1. The van der Waals surface area contributed by atoms with Crippen molar-refractivity contribution in [1.82, 2.24) is 18.5 Å². The second-order valence-corrected chi connectivity index (χ2v) is 12.1. The van der Waals surface area contributed by atoms with Crippen molar-refractivity contribution < 1.29 is 0 Å². The summed E-state index contributed by atoms with van der Waals surface area (Å²) in [5, 5.41) is 4.92. The van der Waals surface area contributed by atoms with Crippen molar-refractivity contribution in [1.29, 1.82) is 0 Å². The van der Waals surface area contributed by atoms with Crippen molar-refractivity contribution in [3.8, 4) is 34.0 Å². The first-order valence-corrected chi connectivity index (χ1v) is 16.0. The number of hydrogen-bond acceptors (Lipinski definition) is 1. The summed E-state index contributed by atoms with van der Waals surface area (Å²) < 4.78 is 6.88. The van der Waals surface area contributed by atoms with Gasteiger partial charge in [0.25, 0.3) is 0 Å². The van der Waals surface area contributed by atoms with Crippen LogP contribution in [0.3, 0.4) is 0 Å². The molecule has 0 fully saturated rings. The van der Waals surface area contributed by atoms with Crippen molar-refractivity contribution in [2.75, 3.05) is 0 Å². The Morgan fingerprint density at radius 2 is 0.872 bits per heavy atom. The van der Waals surface area contributed by atoms with E-state index in [9.17, 15) is 0 Å². The van der Waals surface area contributed by atoms with E-state index in [0.717, 1.165) is 33.8 Å². The first kappa shape index (κ1) is 25.9. The molecule has 0 atom stereocenters. The number of pyridine rings is 1. The molecule has 0 saturated heterocycles. The number of fused-ring (bicyclic) bond motifs is 7. The molecule has 0 N–H and O–H groups in total. The normalized spacial score (nSPS) is 11.8. The Hall–Kier alpha value is -6.39. The molecule has 0 radical (unpaired) electrons. The van der Waals surface area contributed by atoms with E-state index >= 15 is 0 Å². The minimum Gasteiger partial charge on any atom is -0.309 e. The Morgan fingerprint density at radius 3 is 1.55 bits per heavy atom. The molecule has 4 heteroatoms. The number of imidazole rings is 1. The van der Waals surface area contributed by atoms with Gasteiger partial charge in [-0.05, 0) is 71.8 Å². The van der Waals surface area contributed by atoms with Crippen LogP contribution in [0.25, 0.3) is 83.1 Å². The van der Waals surface area contributed by atoms with Gasteiger partial charge in [0.1, 0.15) is 0 Å². The fraction of sp³-hybridized carbons (Fsp3) is 0. The number of nitrogens with zero attached hydrogens (tertiary/aromatic N) is 4. The van der Waals surface area contributed by atoms with Crippen LogP contribution in [-0.4, -0.2) is 18.5 Å². The third-order valence-corrected chi connectivity index (χ3v) is 9.47. The van der Waals surface area contributed by atoms with Crippen molar-refractivity contribution in [2.45, 2.75) is 0 Å². The molecule has 4 heterocycles. The Labute approximate surface area is 271 Å². The minimum absolute atomic E-state index is 0.883. The van der Waals surface area contributed by atoms with Gasteiger partial charge in [-0.1, -0.05) is 103 Å². The van der Waals surface area contributed by atoms with Gasteiger partial charge in [0.05, 0.1) is 33.3 Å². The molecule has 10 rings (SSSR count). The average molecular weight is 601 g/mol. The molecular weight excluding hydrogens is 573 g/mol. The molecule has 4 nitrogen and oxygen atoms in total. The van der Waals surface area contributed by atoms with Crippen molar-refractivity contribution in [3.05, 3.63) is 170 Å². The Kier molecular flexibility index (Phi) is 5.54. The van der Waals surface area contributed by atoms with Crippen molar-refractivity contribution in [2.24, 2.45) is 0 Å². The predicted molar refractivity (Wildman–Crippen MR) is 195 cm³/mol. The van der Waals surface area contributed by atoms with Gasteiger partial charge < -0.3 is 4.57 Å². The van der Waals surface area contributed by atoms with Crippen LogP contribution in [0.4, 0.5) is 0 Å². The molecule has 10 aromatic rings. The topological polar surface area (TPSA) is 27.2 Å². The summed E-state index contributed by atoms with van der Waals surface area (Å²) in [5.74, 6) is 0.883. The highest BCUT2D eigenvalue weighted by Crippen LogP contribution is 2.39. The first-order chi connectivity index (χ1) is 23.3. The number of para-hydroxylation sites is 3. The Bertz CT molecular complexity index is 2780. The van der Waals surface area contributed by atoms with Gasteiger partial charge in [-0.2, -0.15) is 0 Å². The lowest BCUT2D eigenvalue weighted by Crippen LogP contribution is -2.00. The molecule has 0 saturated carbocycles. The van der Waals surface area contributed by atoms with E-state index in [1.807, 2.05) is 6.07 Å². The SMILES string of the molecule is c1ccc(-c2nc(-n3c4ccccc4c4cc(-c5ccc6c(c5)c5ccccc5n6-c5ccccc5)ccc43)n3ccccc23)cc1.